The van der Waals surface area contributed by atoms with Gasteiger partial charge in [0.2, 0.25) is 5.91 Å². The summed E-state index contributed by atoms with van der Waals surface area (Å²) in [5.41, 5.74) is 6.70. The minimum absolute atomic E-state index is 0.0705. The number of amides is 1. The molecule has 0 fully saturated rings. The average Bonchev–Trinajstić information content (AvgIpc) is 2.38. The van der Waals surface area contributed by atoms with Gasteiger partial charge in [-0.05, 0) is 12.5 Å². The third kappa shape index (κ3) is 3.43. The van der Waals surface area contributed by atoms with Crippen molar-refractivity contribution in [1.82, 2.24) is 4.90 Å². The fourth-order valence-corrected chi connectivity index (χ4v) is 1.82. The van der Waals surface area contributed by atoms with E-state index < -0.39 is 0 Å². The van der Waals surface area contributed by atoms with E-state index in [2.05, 4.69) is 6.58 Å². The van der Waals surface area contributed by atoms with Crippen LogP contribution >= 0.6 is 0 Å². The second kappa shape index (κ2) is 6.86. The van der Waals surface area contributed by atoms with Crippen molar-refractivity contribution in [2.45, 2.75) is 12.8 Å². The highest BCUT2D eigenvalue weighted by molar-refractivity contribution is 5.84. The van der Waals surface area contributed by atoms with Crippen LogP contribution in [0.2, 0.25) is 0 Å². The summed E-state index contributed by atoms with van der Waals surface area (Å²) in [5.74, 6) is -0.183. The van der Waals surface area contributed by atoms with Crippen LogP contribution in [0.5, 0.6) is 0 Å². The van der Waals surface area contributed by atoms with E-state index >= 15 is 0 Å². The zero-order chi connectivity index (χ0) is 12.7. The molecule has 0 saturated heterocycles. The van der Waals surface area contributed by atoms with Crippen molar-refractivity contribution >= 4 is 5.91 Å². The lowest BCUT2D eigenvalue weighted by atomic mass is 9.98. The number of hydrogen-bond acceptors (Lipinski definition) is 2. The molecule has 1 amide bonds. The fourth-order valence-electron chi connectivity index (χ4n) is 1.82. The number of rotatable bonds is 6. The van der Waals surface area contributed by atoms with Crippen LogP contribution in [0.15, 0.2) is 43.0 Å². The Balaban J connectivity index is 2.87. The molecule has 0 spiro atoms. The van der Waals surface area contributed by atoms with Gasteiger partial charge in [-0.3, -0.25) is 4.79 Å². The van der Waals surface area contributed by atoms with Crippen molar-refractivity contribution < 1.29 is 4.79 Å². The topological polar surface area (TPSA) is 46.3 Å². The van der Waals surface area contributed by atoms with Gasteiger partial charge < -0.3 is 10.6 Å². The third-order valence-electron chi connectivity index (χ3n) is 2.78. The third-order valence-corrected chi connectivity index (χ3v) is 2.78. The molecule has 92 valence electrons. The molecule has 0 aromatic heterocycles. The Morgan fingerprint density at radius 3 is 2.59 bits per heavy atom. The molecule has 0 aliphatic carbocycles. The van der Waals surface area contributed by atoms with Crippen LogP contribution in [0.3, 0.4) is 0 Å². The largest absolute Gasteiger partial charge is 0.339 e. The Bertz CT molecular complexity index is 362. The summed E-state index contributed by atoms with van der Waals surface area (Å²) < 4.78 is 0. The summed E-state index contributed by atoms with van der Waals surface area (Å²) in [6.45, 7) is 7.19. The van der Waals surface area contributed by atoms with E-state index in [0.717, 1.165) is 5.56 Å². The van der Waals surface area contributed by atoms with Gasteiger partial charge in [-0.25, -0.2) is 0 Å². The summed E-state index contributed by atoms with van der Waals surface area (Å²) in [6.07, 6.45) is 1.74. The minimum Gasteiger partial charge on any atom is -0.339 e. The van der Waals surface area contributed by atoms with Crippen LogP contribution in [0.4, 0.5) is 0 Å². The van der Waals surface area contributed by atoms with Crippen molar-refractivity contribution in [3.8, 4) is 0 Å². The van der Waals surface area contributed by atoms with E-state index in [9.17, 15) is 4.79 Å². The van der Waals surface area contributed by atoms with Crippen LogP contribution < -0.4 is 5.73 Å². The fraction of sp³-hybridized carbons (Fsp3) is 0.357. The molecule has 1 aromatic rings. The number of likely N-dealkylation sites (N-methyl/N-ethyl adjacent to an activating group) is 1. The lowest BCUT2D eigenvalue weighted by Gasteiger charge is -2.24. The SMILES string of the molecule is C=CCN(CC)C(=O)C(CN)c1ccccc1. The molecule has 1 unspecified atom stereocenters. The molecule has 0 bridgehead atoms. The summed E-state index contributed by atoms with van der Waals surface area (Å²) >= 11 is 0. The first-order valence-corrected chi connectivity index (χ1v) is 5.89. The first-order valence-electron chi connectivity index (χ1n) is 5.89. The zero-order valence-electron chi connectivity index (χ0n) is 10.3. The number of nitrogens with zero attached hydrogens (tertiary/aromatic N) is 1. The van der Waals surface area contributed by atoms with E-state index in [0.29, 0.717) is 19.6 Å². The minimum atomic E-state index is -0.254. The molecule has 1 aromatic carbocycles. The molecular formula is C14H20N2O. The second-order valence-corrected chi connectivity index (χ2v) is 3.86. The predicted octanol–water partition coefficient (Wildman–Crippen LogP) is 1.76. The molecule has 1 atom stereocenters. The number of carbonyl (C=O) groups excluding carboxylic acids is 1. The maximum atomic E-state index is 12.3. The molecule has 3 heteroatoms. The van der Waals surface area contributed by atoms with Gasteiger partial charge in [-0.1, -0.05) is 36.4 Å². The zero-order valence-corrected chi connectivity index (χ0v) is 10.3. The van der Waals surface area contributed by atoms with Crippen molar-refractivity contribution in [2.75, 3.05) is 19.6 Å². The molecule has 17 heavy (non-hydrogen) atoms. The number of benzene rings is 1. The number of hydrogen-bond donors (Lipinski definition) is 1. The van der Waals surface area contributed by atoms with Crippen LogP contribution in [-0.2, 0) is 4.79 Å². The maximum absolute atomic E-state index is 12.3. The van der Waals surface area contributed by atoms with Gasteiger partial charge in [0.05, 0.1) is 5.92 Å². The maximum Gasteiger partial charge on any atom is 0.231 e. The summed E-state index contributed by atoms with van der Waals surface area (Å²) in [4.78, 5) is 14.1. The molecule has 0 heterocycles. The number of nitrogens with two attached hydrogens (primary N) is 1. The monoisotopic (exact) mass is 232 g/mol. The van der Waals surface area contributed by atoms with Crippen LogP contribution in [0, 0.1) is 0 Å². The molecule has 0 aliphatic heterocycles. The van der Waals surface area contributed by atoms with Gasteiger partial charge in [0, 0.05) is 19.6 Å². The van der Waals surface area contributed by atoms with Crippen molar-refractivity contribution in [1.29, 1.82) is 0 Å². The first-order chi connectivity index (χ1) is 8.24. The lowest BCUT2D eigenvalue weighted by molar-refractivity contribution is -0.131. The van der Waals surface area contributed by atoms with Gasteiger partial charge in [0.1, 0.15) is 0 Å². The van der Waals surface area contributed by atoms with Crippen molar-refractivity contribution in [3.05, 3.63) is 48.6 Å². The van der Waals surface area contributed by atoms with Gasteiger partial charge >= 0.3 is 0 Å². The quantitative estimate of drug-likeness (QED) is 0.760. The molecular weight excluding hydrogens is 212 g/mol. The Kier molecular flexibility index (Phi) is 5.43. The van der Waals surface area contributed by atoms with Crippen molar-refractivity contribution in [2.24, 2.45) is 5.73 Å². The molecule has 3 nitrogen and oxygen atoms in total. The van der Waals surface area contributed by atoms with E-state index in [1.807, 2.05) is 37.3 Å². The van der Waals surface area contributed by atoms with Crippen LogP contribution in [0.1, 0.15) is 18.4 Å². The number of carbonyl (C=O) groups is 1. The normalized spacial score (nSPS) is 11.9. The van der Waals surface area contributed by atoms with Gasteiger partial charge in [-0.2, -0.15) is 0 Å². The Morgan fingerprint density at radius 1 is 1.47 bits per heavy atom. The molecule has 0 radical (unpaired) electrons. The molecule has 2 N–H and O–H groups in total. The Labute approximate surface area is 103 Å². The lowest BCUT2D eigenvalue weighted by Crippen LogP contribution is -2.37. The van der Waals surface area contributed by atoms with E-state index in [-0.39, 0.29) is 11.8 Å². The van der Waals surface area contributed by atoms with Crippen LogP contribution in [-0.4, -0.2) is 30.4 Å². The molecule has 0 aliphatic rings. The Hall–Kier alpha value is -1.61. The molecule has 0 saturated carbocycles. The highest BCUT2D eigenvalue weighted by atomic mass is 16.2. The van der Waals surface area contributed by atoms with Gasteiger partial charge in [0.15, 0.2) is 0 Å². The summed E-state index contributed by atoms with van der Waals surface area (Å²) in [6, 6.07) is 9.67. The predicted molar refractivity (Wildman–Crippen MR) is 70.7 cm³/mol. The standard InChI is InChI=1S/C14H20N2O/c1-3-10-16(4-2)14(17)13(11-15)12-8-6-5-7-9-12/h3,5-9,13H,1,4,10-11,15H2,2H3. The van der Waals surface area contributed by atoms with Gasteiger partial charge in [0.25, 0.3) is 0 Å². The Morgan fingerprint density at radius 2 is 2.12 bits per heavy atom. The smallest absolute Gasteiger partial charge is 0.231 e. The van der Waals surface area contributed by atoms with E-state index in [1.165, 1.54) is 0 Å². The highest BCUT2D eigenvalue weighted by Crippen LogP contribution is 2.17. The van der Waals surface area contributed by atoms with E-state index in [1.54, 1.807) is 11.0 Å². The second-order valence-electron chi connectivity index (χ2n) is 3.86. The van der Waals surface area contributed by atoms with Gasteiger partial charge in [-0.15, -0.1) is 6.58 Å². The van der Waals surface area contributed by atoms with Crippen LogP contribution in [0.25, 0.3) is 0 Å². The average molecular weight is 232 g/mol. The summed E-state index contributed by atoms with van der Waals surface area (Å²) in [7, 11) is 0. The van der Waals surface area contributed by atoms with E-state index in [4.69, 9.17) is 5.73 Å². The van der Waals surface area contributed by atoms with Crippen molar-refractivity contribution in [3.63, 3.8) is 0 Å². The summed E-state index contributed by atoms with van der Waals surface area (Å²) in [5, 5.41) is 0. The molecule has 1 rings (SSSR count). The highest BCUT2D eigenvalue weighted by Gasteiger charge is 2.22. The first kappa shape index (κ1) is 13.5.